The average Bonchev–Trinajstić information content (AvgIpc) is 2.39. The van der Waals surface area contributed by atoms with E-state index in [0.29, 0.717) is 30.3 Å². The van der Waals surface area contributed by atoms with Crippen LogP contribution in [0.5, 0.6) is 0 Å². The molecule has 0 radical (unpaired) electrons. The van der Waals surface area contributed by atoms with Crippen LogP contribution in [0.15, 0.2) is 10.9 Å². The number of nitrogens with two attached hydrogens (primary N) is 1. The normalized spacial score (nSPS) is 11.7. The minimum Gasteiger partial charge on any atom is -0.375 e. The lowest BCUT2D eigenvalue weighted by molar-refractivity contribution is 0.168. The second-order valence-electron chi connectivity index (χ2n) is 6.10. The Morgan fingerprint density at radius 1 is 1.32 bits per heavy atom. The Balaban J connectivity index is 2.61. The molecule has 0 atom stereocenters. The zero-order valence-electron chi connectivity index (χ0n) is 14.5. The first-order valence-corrected chi connectivity index (χ1v) is 9.28. The summed E-state index contributed by atoms with van der Waals surface area (Å²) in [6.45, 7) is 9.86. The highest BCUT2D eigenvalue weighted by atomic mass is 31.1. The Morgan fingerprint density at radius 3 is 2.36 bits per heavy atom. The van der Waals surface area contributed by atoms with Crippen LogP contribution in [-0.4, -0.2) is 47.9 Å². The molecule has 1 rings (SSSR count). The molecule has 0 aliphatic heterocycles. The zero-order valence-corrected chi connectivity index (χ0v) is 15.4. The molecule has 126 valence electrons. The quantitative estimate of drug-likeness (QED) is 0.585. The molecule has 1 aromatic rings. The van der Waals surface area contributed by atoms with Gasteiger partial charge in [0.2, 0.25) is 5.95 Å². The van der Waals surface area contributed by atoms with Crippen molar-refractivity contribution in [2.75, 3.05) is 37.7 Å². The van der Waals surface area contributed by atoms with Crippen LogP contribution in [0.3, 0.4) is 0 Å². The molecular formula is C15H29N4O2P. The number of hydrogen-bond acceptors (Lipinski definition) is 5. The fourth-order valence-electron chi connectivity index (χ4n) is 2.19. The van der Waals surface area contributed by atoms with Crippen LogP contribution in [0.1, 0.15) is 27.7 Å². The van der Waals surface area contributed by atoms with Crippen LogP contribution in [0.4, 0.5) is 11.8 Å². The van der Waals surface area contributed by atoms with E-state index in [9.17, 15) is 4.79 Å². The molecule has 0 aliphatic rings. The maximum absolute atomic E-state index is 12.1. The van der Waals surface area contributed by atoms with Gasteiger partial charge in [0.15, 0.2) is 0 Å². The van der Waals surface area contributed by atoms with E-state index in [1.807, 2.05) is 14.1 Å². The van der Waals surface area contributed by atoms with E-state index in [2.05, 4.69) is 32.7 Å². The molecule has 0 aliphatic carbocycles. The highest BCUT2D eigenvalue weighted by Gasteiger charge is 2.16. The van der Waals surface area contributed by atoms with E-state index in [1.54, 1.807) is 4.90 Å². The van der Waals surface area contributed by atoms with Gasteiger partial charge in [-0.2, -0.15) is 4.98 Å². The molecule has 0 unspecified atom stereocenters. The number of anilines is 2. The summed E-state index contributed by atoms with van der Waals surface area (Å²) in [4.78, 5) is 18.1. The van der Waals surface area contributed by atoms with Gasteiger partial charge in [-0.25, -0.2) is 0 Å². The van der Waals surface area contributed by atoms with Gasteiger partial charge in [-0.05, 0) is 11.3 Å². The topological polar surface area (TPSA) is 73.4 Å². The highest BCUT2D eigenvalue weighted by Crippen LogP contribution is 2.45. The van der Waals surface area contributed by atoms with Crippen molar-refractivity contribution in [3.63, 3.8) is 0 Å². The van der Waals surface area contributed by atoms with E-state index in [4.69, 9.17) is 10.5 Å². The van der Waals surface area contributed by atoms with Gasteiger partial charge in [-0.15, -0.1) is 0 Å². The Bertz CT molecular complexity index is 521. The zero-order chi connectivity index (χ0) is 16.9. The van der Waals surface area contributed by atoms with Gasteiger partial charge in [-0.3, -0.25) is 9.36 Å². The van der Waals surface area contributed by atoms with Gasteiger partial charge in [0.1, 0.15) is 5.82 Å². The SMILES string of the molecule is CC(C)P(COCCn1c(N)nc(N(C)C)cc1=O)C(C)C. The molecule has 0 saturated carbocycles. The number of nitrogen functional groups attached to an aromatic ring is 1. The van der Waals surface area contributed by atoms with Gasteiger partial charge < -0.3 is 15.4 Å². The standard InChI is InChI=1S/C15H29N4O2P/c1-11(2)22(12(3)4)10-21-8-7-19-14(20)9-13(18(5)6)17-15(19)16/h9,11-12H,7-8,10H2,1-6H3,(H2,16,17). The van der Waals surface area contributed by atoms with Gasteiger partial charge >= 0.3 is 0 Å². The summed E-state index contributed by atoms with van der Waals surface area (Å²) in [6.07, 6.45) is 0.766. The molecule has 0 aromatic carbocycles. The predicted molar refractivity (Wildman–Crippen MR) is 95.2 cm³/mol. The Kier molecular flexibility index (Phi) is 7.30. The van der Waals surface area contributed by atoms with Crippen molar-refractivity contribution in [1.29, 1.82) is 0 Å². The summed E-state index contributed by atoms with van der Waals surface area (Å²) in [5, 5.41) is 0. The maximum atomic E-state index is 12.1. The van der Waals surface area contributed by atoms with Gasteiger partial charge in [0.25, 0.3) is 5.56 Å². The number of ether oxygens (including phenoxy) is 1. The maximum Gasteiger partial charge on any atom is 0.257 e. The first-order chi connectivity index (χ1) is 10.2. The van der Waals surface area contributed by atoms with Crippen molar-refractivity contribution in [3.05, 3.63) is 16.4 Å². The fourth-order valence-corrected chi connectivity index (χ4v) is 4.31. The van der Waals surface area contributed by atoms with Crippen LogP contribution < -0.4 is 16.2 Å². The van der Waals surface area contributed by atoms with Crippen molar-refractivity contribution in [3.8, 4) is 0 Å². The van der Waals surface area contributed by atoms with Crippen molar-refractivity contribution < 1.29 is 4.74 Å². The van der Waals surface area contributed by atoms with Crippen LogP contribution in [0.25, 0.3) is 0 Å². The third-order valence-electron chi connectivity index (χ3n) is 3.51. The number of hydrogen-bond donors (Lipinski definition) is 1. The molecule has 0 fully saturated rings. The molecule has 0 spiro atoms. The molecular weight excluding hydrogens is 299 g/mol. The summed E-state index contributed by atoms with van der Waals surface area (Å²) in [5.41, 5.74) is 7.01. The number of rotatable bonds is 8. The molecule has 0 amide bonds. The van der Waals surface area contributed by atoms with E-state index < -0.39 is 0 Å². The Morgan fingerprint density at radius 2 is 1.91 bits per heavy atom. The summed E-state index contributed by atoms with van der Waals surface area (Å²) in [6, 6.07) is 1.49. The highest BCUT2D eigenvalue weighted by molar-refractivity contribution is 7.58. The predicted octanol–water partition coefficient (Wildman–Crippen LogP) is 2.16. The molecule has 7 heteroatoms. The van der Waals surface area contributed by atoms with Crippen molar-refractivity contribution in [1.82, 2.24) is 9.55 Å². The van der Waals surface area contributed by atoms with Crippen molar-refractivity contribution >= 4 is 19.7 Å². The molecule has 1 heterocycles. The fraction of sp³-hybridized carbons (Fsp3) is 0.733. The van der Waals surface area contributed by atoms with Crippen molar-refractivity contribution in [2.24, 2.45) is 0 Å². The van der Waals surface area contributed by atoms with Gasteiger partial charge in [0.05, 0.1) is 19.5 Å². The molecule has 2 N–H and O–H groups in total. The molecule has 6 nitrogen and oxygen atoms in total. The first-order valence-electron chi connectivity index (χ1n) is 7.62. The lowest BCUT2D eigenvalue weighted by Crippen LogP contribution is -2.28. The first kappa shape index (κ1) is 18.9. The van der Waals surface area contributed by atoms with E-state index >= 15 is 0 Å². The second-order valence-corrected chi connectivity index (χ2v) is 9.45. The van der Waals surface area contributed by atoms with Crippen LogP contribution in [0, 0.1) is 0 Å². The summed E-state index contributed by atoms with van der Waals surface area (Å²) in [7, 11) is 3.50. The largest absolute Gasteiger partial charge is 0.375 e. The van der Waals surface area contributed by atoms with E-state index in [1.165, 1.54) is 10.6 Å². The van der Waals surface area contributed by atoms with Crippen LogP contribution in [-0.2, 0) is 11.3 Å². The van der Waals surface area contributed by atoms with E-state index in [-0.39, 0.29) is 19.4 Å². The molecule has 0 saturated heterocycles. The Hall–Kier alpha value is -1.13. The summed E-state index contributed by atoms with van der Waals surface area (Å²) < 4.78 is 7.24. The van der Waals surface area contributed by atoms with Gasteiger partial charge in [0, 0.05) is 20.2 Å². The molecule has 1 aromatic heterocycles. The third kappa shape index (κ3) is 5.25. The number of nitrogens with zero attached hydrogens (tertiary/aromatic N) is 3. The number of aromatic nitrogens is 2. The lowest BCUT2D eigenvalue weighted by atomic mass is 10.5. The smallest absolute Gasteiger partial charge is 0.257 e. The monoisotopic (exact) mass is 328 g/mol. The average molecular weight is 328 g/mol. The van der Waals surface area contributed by atoms with Crippen molar-refractivity contribution in [2.45, 2.75) is 45.6 Å². The molecule has 0 bridgehead atoms. The minimum absolute atomic E-state index is 0.144. The molecule has 22 heavy (non-hydrogen) atoms. The Labute approximate surface area is 134 Å². The lowest BCUT2D eigenvalue weighted by Gasteiger charge is -2.25. The van der Waals surface area contributed by atoms with Crippen LogP contribution >= 0.6 is 7.92 Å². The summed E-state index contributed by atoms with van der Waals surface area (Å²) >= 11 is 0. The second kappa shape index (κ2) is 8.49. The minimum atomic E-state index is -0.151. The summed E-state index contributed by atoms with van der Waals surface area (Å²) in [5.74, 6) is 0.803. The van der Waals surface area contributed by atoms with Gasteiger partial charge in [-0.1, -0.05) is 35.6 Å². The van der Waals surface area contributed by atoms with Crippen LogP contribution in [0.2, 0.25) is 0 Å². The van der Waals surface area contributed by atoms with E-state index in [0.717, 1.165) is 6.35 Å². The third-order valence-corrected chi connectivity index (χ3v) is 6.64.